The standard InChI is InChI=1S/C46H32N2S2/c1-29-30(2)46-44(34-21-13-6-14-22-34)38-26-24-36(48-38)42(32-17-9-4-10-18-32)40-28-27-39(49-40)41(31-15-7-3-8-16-31)35-23-25-37(47-35)43(45(29)50-46)33-19-11-5-12-20-33/h3-28H,1-2H3. The molecule has 0 spiro atoms. The molecule has 0 fully saturated rings. The maximum absolute atomic E-state index is 5.47. The summed E-state index contributed by atoms with van der Waals surface area (Å²) >= 11 is 3.65. The lowest BCUT2D eigenvalue weighted by atomic mass is 10.00. The quantitative estimate of drug-likeness (QED) is 0.185. The topological polar surface area (TPSA) is 25.8 Å². The van der Waals surface area contributed by atoms with Crippen LogP contribution in [0.5, 0.6) is 0 Å². The number of aryl methyl sites for hydroxylation is 2. The Hall–Kier alpha value is -5.68. The minimum Gasteiger partial charge on any atom is -0.248 e. The average Bonchev–Trinajstić information content (AvgIpc) is 3.99. The van der Waals surface area contributed by atoms with Crippen molar-refractivity contribution in [2.45, 2.75) is 13.8 Å². The van der Waals surface area contributed by atoms with Crippen LogP contribution in [-0.4, -0.2) is 9.97 Å². The predicted molar refractivity (Wildman–Crippen MR) is 217 cm³/mol. The van der Waals surface area contributed by atoms with E-state index < -0.39 is 0 Å². The molecule has 0 amide bonds. The number of rotatable bonds is 4. The molecule has 7 aromatic rings. The number of benzene rings is 4. The summed E-state index contributed by atoms with van der Waals surface area (Å²) in [5.41, 5.74) is 15.6. The molecule has 8 bridgehead atoms. The van der Waals surface area contributed by atoms with Crippen molar-refractivity contribution >= 4 is 65.8 Å². The fourth-order valence-electron chi connectivity index (χ4n) is 7.00. The Labute approximate surface area is 300 Å². The molecule has 5 heterocycles. The minimum atomic E-state index is 0.970. The van der Waals surface area contributed by atoms with Gasteiger partial charge in [0.05, 0.1) is 22.8 Å². The molecule has 0 saturated carbocycles. The first-order chi connectivity index (χ1) is 24.6. The van der Waals surface area contributed by atoms with Crippen molar-refractivity contribution in [2.24, 2.45) is 0 Å². The second-order valence-electron chi connectivity index (χ2n) is 12.6. The third kappa shape index (κ3) is 5.25. The van der Waals surface area contributed by atoms with Crippen molar-refractivity contribution in [2.75, 3.05) is 0 Å². The van der Waals surface area contributed by atoms with E-state index in [0.717, 1.165) is 67.3 Å². The van der Waals surface area contributed by atoms with Gasteiger partial charge in [0, 0.05) is 41.1 Å². The Kier molecular flexibility index (Phi) is 7.69. The maximum Gasteiger partial charge on any atom is 0.0730 e. The van der Waals surface area contributed by atoms with Gasteiger partial charge in [-0.25, -0.2) is 9.97 Å². The largest absolute Gasteiger partial charge is 0.248 e. The zero-order chi connectivity index (χ0) is 33.6. The van der Waals surface area contributed by atoms with Crippen molar-refractivity contribution in [1.29, 1.82) is 0 Å². The summed E-state index contributed by atoms with van der Waals surface area (Å²) in [5.74, 6) is 0. The summed E-state index contributed by atoms with van der Waals surface area (Å²) in [6.45, 7) is 4.52. The summed E-state index contributed by atoms with van der Waals surface area (Å²) in [5, 5.41) is 0. The highest BCUT2D eigenvalue weighted by molar-refractivity contribution is 7.25. The van der Waals surface area contributed by atoms with Crippen LogP contribution in [0.2, 0.25) is 0 Å². The second-order valence-corrected chi connectivity index (χ2v) is 14.7. The second kappa shape index (κ2) is 12.6. The van der Waals surface area contributed by atoms with Gasteiger partial charge in [-0.05, 0) is 83.7 Å². The number of aromatic nitrogens is 2. The van der Waals surface area contributed by atoms with Crippen LogP contribution in [0, 0.1) is 13.8 Å². The maximum atomic E-state index is 5.47. The van der Waals surface area contributed by atoms with Crippen LogP contribution in [0.25, 0.3) is 87.6 Å². The molecule has 0 unspecified atom stereocenters. The highest BCUT2D eigenvalue weighted by atomic mass is 32.1. The molecule has 0 atom stereocenters. The van der Waals surface area contributed by atoms with E-state index in [1.807, 2.05) is 11.3 Å². The number of hydrogen-bond donors (Lipinski definition) is 0. The van der Waals surface area contributed by atoms with Gasteiger partial charge in [-0.15, -0.1) is 22.7 Å². The highest BCUT2D eigenvalue weighted by Crippen LogP contribution is 2.45. The van der Waals surface area contributed by atoms with Crippen molar-refractivity contribution in [3.8, 4) is 44.5 Å². The lowest BCUT2D eigenvalue weighted by molar-refractivity contribution is 1.32. The molecule has 0 radical (unpaired) electrons. The van der Waals surface area contributed by atoms with Crippen molar-refractivity contribution < 1.29 is 0 Å². The molecular formula is C46H32N2S2. The molecule has 2 aliphatic heterocycles. The third-order valence-corrected chi connectivity index (χ3v) is 12.1. The van der Waals surface area contributed by atoms with Crippen molar-refractivity contribution in [3.63, 3.8) is 0 Å². The van der Waals surface area contributed by atoms with Gasteiger partial charge in [0.1, 0.15) is 0 Å². The monoisotopic (exact) mass is 676 g/mol. The van der Waals surface area contributed by atoms with Gasteiger partial charge in [-0.1, -0.05) is 121 Å². The minimum absolute atomic E-state index is 0.970. The number of hydrogen-bond acceptors (Lipinski definition) is 4. The number of nitrogens with zero attached hydrogens (tertiary/aromatic N) is 2. The molecule has 9 rings (SSSR count). The molecule has 4 aromatic carbocycles. The Balaban J connectivity index is 1.53. The smallest absolute Gasteiger partial charge is 0.0730 e. The molecule has 2 nitrogen and oxygen atoms in total. The Morgan fingerprint density at radius 2 is 0.640 bits per heavy atom. The predicted octanol–water partition coefficient (Wildman–Crippen LogP) is 13.4. The zero-order valence-electron chi connectivity index (χ0n) is 27.7. The van der Waals surface area contributed by atoms with E-state index in [1.54, 1.807) is 11.3 Å². The van der Waals surface area contributed by atoms with Gasteiger partial charge in [0.15, 0.2) is 0 Å². The summed E-state index contributed by atoms with van der Waals surface area (Å²) in [6, 6.07) is 47.3. The SMILES string of the molecule is Cc1c(C)c2sc1c(-c1ccccc1)c1nc(c(-c3ccccc3)c3ccc(s3)c(-c3ccccc3)c3nc(c2-c2ccccc2)C=C3)C=C1. The van der Waals surface area contributed by atoms with Crippen LogP contribution in [0.4, 0.5) is 0 Å². The Morgan fingerprint density at radius 3 is 0.980 bits per heavy atom. The number of thiophene rings is 2. The molecule has 50 heavy (non-hydrogen) atoms. The fraction of sp³-hybridized carbons (Fsp3) is 0.0435. The first-order valence-electron chi connectivity index (χ1n) is 16.8. The van der Waals surface area contributed by atoms with E-state index in [9.17, 15) is 0 Å². The van der Waals surface area contributed by atoms with Crippen molar-refractivity contribution in [3.05, 3.63) is 167 Å². The summed E-state index contributed by atoms with van der Waals surface area (Å²) < 4.78 is 4.81. The van der Waals surface area contributed by atoms with E-state index in [2.05, 4.69) is 172 Å². The first-order valence-corrected chi connectivity index (χ1v) is 18.5. The zero-order valence-corrected chi connectivity index (χ0v) is 29.4. The van der Waals surface area contributed by atoms with E-state index >= 15 is 0 Å². The third-order valence-electron chi connectivity index (χ3n) is 9.56. The van der Waals surface area contributed by atoms with Crippen LogP contribution < -0.4 is 0 Å². The van der Waals surface area contributed by atoms with Gasteiger partial charge < -0.3 is 0 Å². The van der Waals surface area contributed by atoms with Crippen molar-refractivity contribution in [1.82, 2.24) is 9.97 Å². The van der Waals surface area contributed by atoms with Crippen LogP contribution >= 0.6 is 22.7 Å². The molecule has 238 valence electrons. The lowest BCUT2D eigenvalue weighted by Crippen LogP contribution is -1.87. The van der Waals surface area contributed by atoms with Gasteiger partial charge in [0.2, 0.25) is 0 Å². The average molecular weight is 677 g/mol. The molecule has 3 aromatic heterocycles. The van der Waals surface area contributed by atoms with Crippen LogP contribution in [0.3, 0.4) is 0 Å². The molecule has 0 aliphatic carbocycles. The first kappa shape index (κ1) is 30.4. The molecular weight excluding hydrogens is 645 g/mol. The number of fused-ring (bicyclic) bond motifs is 8. The molecule has 4 heteroatoms. The normalized spacial score (nSPS) is 12.0. The molecule has 2 aliphatic rings. The highest BCUT2D eigenvalue weighted by Gasteiger charge is 2.21. The van der Waals surface area contributed by atoms with Gasteiger partial charge in [-0.3, -0.25) is 0 Å². The van der Waals surface area contributed by atoms with E-state index in [4.69, 9.17) is 9.97 Å². The van der Waals surface area contributed by atoms with Gasteiger partial charge in [-0.2, -0.15) is 0 Å². The fourth-order valence-corrected chi connectivity index (χ4v) is 9.63. The van der Waals surface area contributed by atoms with Crippen LogP contribution in [0.15, 0.2) is 133 Å². The lowest BCUT2D eigenvalue weighted by Gasteiger charge is -2.06. The summed E-state index contributed by atoms with van der Waals surface area (Å²) in [7, 11) is 0. The Morgan fingerprint density at radius 1 is 0.340 bits per heavy atom. The van der Waals surface area contributed by atoms with E-state index in [1.165, 1.54) is 29.9 Å². The summed E-state index contributed by atoms with van der Waals surface area (Å²) in [6.07, 6.45) is 8.80. The van der Waals surface area contributed by atoms with Gasteiger partial charge >= 0.3 is 0 Å². The molecule has 0 N–H and O–H groups in total. The van der Waals surface area contributed by atoms with Crippen LogP contribution in [-0.2, 0) is 0 Å². The van der Waals surface area contributed by atoms with Gasteiger partial charge in [0.25, 0.3) is 0 Å². The van der Waals surface area contributed by atoms with Crippen LogP contribution in [0.1, 0.15) is 33.9 Å². The van der Waals surface area contributed by atoms with E-state index in [0.29, 0.717) is 0 Å². The molecule has 0 saturated heterocycles. The van der Waals surface area contributed by atoms with E-state index in [-0.39, 0.29) is 0 Å². The Bertz CT molecular complexity index is 2450. The summed E-state index contributed by atoms with van der Waals surface area (Å²) in [4.78, 5) is 10.9.